The van der Waals surface area contributed by atoms with E-state index < -0.39 is 0 Å². The Morgan fingerprint density at radius 2 is 1.90 bits per heavy atom. The van der Waals surface area contributed by atoms with E-state index in [2.05, 4.69) is 38.8 Å². The molecule has 0 heterocycles. The number of alkyl halides is 1. The summed E-state index contributed by atoms with van der Waals surface area (Å²) in [5.41, 5.74) is 2.07. The molecule has 0 aliphatic rings. The molecule has 5 heteroatoms. The molecular weight excluding hydrogens is 439 g/mol. The fourth-order valence-corrected chi connectivity index (χ4v) is 3.73. The van der Waals surface area contributed by atoms with Gasteiger partial charge in [-0.2, -0.15) is 0 Å². The number of hydrogen-bond donors (Lipinski definition) is 0. The number of ether oxygens (including phenoxy) is 1. The topological polar surface area (TPSA) is 9.23 Å². The molecule has 1 unspecified atom stereocenters. The summed E-state index contributed by atoms with van der Waals surface area (Å²) < 4.78 is 6.59. The molecule has 2 aromatic rings. The summed E-state index contributed by atoms with van der Waals surface area (Å²) in [6.45, 7) is 2.79. The van der Waals surface area contributed by atoms with E-state index in [1.165, 1.54) is 0 Å². The van der Waals surface area contributed by atoms with Gasteiger partial charge in [-0.3, -0.25) is 0 Å². The van der Waals surface area contributed by atoms with Gasteiger partial charge >= 0.3 is 0 Å². The molecule has 1 atom stereocenters. The first-order valence-electron chi connectivity index (χ1n) is 6.54. The Hall–Kier alpha value is -0.220. The third-order valence-corrected chi connectivity index (χ3v) is 5.15. The molecule has 0 aliphatic heterocycles. The van der Waals surface area contributed by atoms with Crippen molar-refractivity contribution in [2.75, 3.05) is 6.61 Å². The Labute approximate surface area is 151 Å². The maximum atomic E-state index is 6.26. The third kappa shape index (κ3) is 4.38. The SMILES string of the molecule is CCCOc1ccc(C(Br)c2ccc(Cl)cc2Cl)cc1Br. The predicted octanol–water partition coefficient (Wildman–Crippen LogP) is 7.03. The van der Waals surface area contributed by atoms with Crippen LogP contribution in [0.3, 0.4) is 0 Å². The maximum absolute atomic E-state index is 6.26. The van der Waals surface area contributed by atoms with Crippen LogP contribution in [-0.2, 0) is 0 Å². The molecule has 0 N–H and O–H groups in total. The van der Waals surface area contributed by atoms with Gasteiger partial charge in [-0.1, -0.05) is 58.2 Å². The van der Waals surface area contributed by atoms with Crippen LogP contribution in [0.4, 0.5) is 0 Å². The van der Waals surface area contributed by atoms with E-state index in [4.69, 9.17) is 27.9 Å². The number of halogens is 4. The molecule has 0 saturated heterocycles. The third-order valence-electron chi connectivity index (χ3n) is 2.95. The molecule has 21 heavy (non-hydrogen) atoms. The van der Waals surface area contributed by atoms with Crippen molar-refractivity contribution in [3.05, 3.63) is 62.0 Å². The normalized spacial score (nSPS) is 12.2. The van der Waals surface area contributed by atoms with E-state index in [-0.39, 0.29) is 4.83 Å². The fraction of sp³-hybridized carbons (Fsp3) is 0.250. The lowest BCUT2D eigenvalue weighted by atomic mass is 10.0. The summed E-state index contributed by atoms with van der Waals surface area (Å²) in [5.74, 6) is 0.850. The number of benzene rings is 2. The zero-order valence-corrected chi connectivity index (χ0v) is 16.1. The van der Waals surface area contributed by atoms with E-state index in [9.17, 15) is 0 Å². The minimum absolute atomic E-state index is 0.00112. The Kier molecular flexibility index (Phi) is 6.42. The monoisotopic (exact) mass is 450 g/mol. The van der Waals surface area contributed by atoms with E-state index in [0.717, 1.165) is 27.8 Å². The van der Waals surface area contributed by atoms with Crippen LogP contribution in [0.2, 0.25) is 10.0 Å². The molecule has 2 rings (SSSR count). The molecule has 0 bridgehead atoms. The van der Waals surface area contributed by atoms with Crippen LogP contribution in [-0.4, -0.2) is 6.61 Å². The number of hydrogen-bond acceptors (Lipinski definition) is 1. The average molecular weight is 453 g/mol. The highest BCUT2D eigenvalue weighted by Crippen LogP contribution is 2.38. The van der Waals surface area contributed by atoms with E-state index in [1.807, 2.05) is 30.3 Å². The first-order chi connectivity index (χ1) is 10.0. The second kappa shape index (κ2) is 7.87. The molecule has 2 aromatic carbocycles. The Balaban J connectivity index is 2.27. The first-order valence-corrected chi connectivity index (χ1v) is 9.00. The van der Waals surface area contributed by atoms with Gasteiger partial charge in [0, 0.05) is 10.0 Å². The van der Waals surface area contributed by atoms with Crippen LogP contribution >= 0.6 is 55.1 Å². The van der Waals surface area contributed by atoms with Crippen LogP contribution in [0.5, 0.6) is 5.75 Å². The smallest absolute Gasteiger partial charge is 0.133 e. The van der Waals surface area contributed by atoms with Gasteiger partial charge in [0.15, 0.2) is 0 Å². The van der Waals surface area contributed by atoms with Gasteiger partial charge in [0.1, 0.15) is 5.75 Å². The van der Waals surface area contributed by atoms with Crippen molar-refractivity contribution in [2.24, 2.45) is 0 Å². The Morgan fingerprint density at radius 3 is 2.52 bits per heavy atom. The highest BCUT2D eigenvalue weighted by Gasteiger charge is 2.15. The first kappa shape index (κ1) is 17.1. The Morgan fingerprint density at radius 1 is 1.14 bits per heavy atom. The number of rotatable bonds is 5. The maximum Gasteiger partial charge on any atom is 0.133 e. The molecule has 1 nitrogen and oxygen atoms in total. The lowest BCUT2D eigenvalue weighted by Gasteiger charge is -2.15. The lowest BCUT2D eigenvalue weighted by molar-refractivity contribution is 0.315. The molecule has 0 fully saturated rings. The second-order valence-electron chi connectivity index (χ2n) is 4.57. The van der Waals surface area contributed by atoms with Crippen molar-refractivity contribution >= 4 is 55.1 Å². The highest BCUT2D eigenvalue weighted by molar-refractivity contribution is 9.10. The van der Waals surface area contributed by atoms with Gasteiger partial charge in [-0.05, 0) is 57.7 Å². The Bertz CT molecular complexity index is 632. The molecular formula is C16H14Br2Cl2O. The van der Waals surface area contributed by atoms with Crippen LogP contribution in [0.1, 0.15) is 29.3 Å². The summed E-state index contributed by atoms with van der Waals surface area (Å²) in [5, 5.41) is 1.28. The quantitative estimate of drug-likeness (QED) is 0.442. The molecule has 0 aromatic heterocycles. The molecule has 112 valence electrons. The molecule has 0 amide bonds. The lowest BCUT2D eigenvalue weighted by Crippen LogP contribution is -1.98. The van der Waals surface area contributed by atoms with Gasteiger partial charge in [0.2, 0.25) is 0 Å². The second-order valence-corrected chi connectivity index (χ2v) is 7.18. The highest BCUT2D eigenvalue weighted by atomic mass is 79.9. The summed E-state index contributed by atoms with van der Waals surface area (Å²) in [6, 6.07) is 11.5. The van der Waals surface area contributed by atoms with Gasteiger partial charge in [0.05, 0.1) is 15.9 Å². The summed E-state index contributed by atoms with van der Waals surface area (Å²) in [4.78, 5) is -0.00112. The predicted molar refractivity (Wildman–Crippen MR) is 97.2 cm³/mol. The van der Waals surface area contributed by atoms with Crippen molar-refractivity contribution in [3.8, 4) is 5.75 Å². The van der Waals surface area contributed by atoms with Gasteiger partial charge < -0.3 is 4.74 Å². The summed E-state index contributed by atoms with van der Waals surface area (Å²) in [6.07, 6.45) is 0.982. The summed E-state index contributed by atoms with van der Waals surface area (Å²) >= 11 is 19.4. The largest absolute Gasteiger partial charge is 0.492 e. The zero-order chi connectivity index (χ0) is 15.4. The summed E-state index contributed by atoms with van der Waals surface area (Å²) in [7, 11) is 0. The van der Waals surface area contributed by atoms with Gasteiger partial charge in [-0.25, -0.2) is 0 Å². The molecule has 0 radical (unpaired) electrons. The van der Waals surface area contributed by atoms with E-state index >= 15 is 0 Å². The van der Waals surface area contributed by atoms with Crippen LogP contribution < -0.4 is 4.74 Å². The van der Waals surface area contributed by atoms with Gasteiger partial charge in [0.25, 0.3) is 0 Å². The standard InChI is InChI=1S/C16H14Br2Cl2O/c1-2-7-21-15-6-3-10(8-13(15)17)16(18)12-5-4-11(19)9-14(12)20/h3-6,8-9,16H,2,7H2,1H3. The fourth-order valence-electron chi connectivity index (χ4n) is 1.89. The minimum atomic E-state index is -0.00112. The van der Waals surface area contributed by atoms with Crippen LogP contribution in [0.25, 0.3) is 0 Å². The van der Waals surface area contributed by atoms with E-state index in [1.54, 1.807) is 6.07 Å². The minimum Gasteiger partial charge on any atom is -0.492 e. The zero-order valence-electron chi connectivity index (χ0n) is 11.4. The molecule has 0 aliphatic carbocycles. The van der Waals surface area contributed by atoms with Crippen molar-refractivity contribution in [2.45, 2.75) is 18.2 Å². The van der Waals surface area contributed by atoms with Crippen molar-refractivity contribution < 1.29 is 4.74 Å². The van der Waals surface area contributed by atoms with Crippen molar-refractivity contribution in [1.29, 1.82) is 0 Å². The van der Waals surface area contributed by atoms with Crippen LogP contribution in [0.15, 0.2) is 40.9 Å². The van der Waals surface area contributed by atoms with Crippen LogP contribution in [0, 0.1) is 0 Å². The van der Waals surface area contributed by atoms with Crippen molar-refractivity contribution in [1.82, 2.24) is 0 Å². The van der Waals surface area contributed by atoms with Gasteiger partial charge in [-0.15, -0.1) is 0 Å². The molecule has 0 saturated carbocycles. The average Bonchev–Trinajstić information content (AvgIpc) is 2.45. The van der Waals surface area contributed by atoms with E-state index in [0.29, 0.717) is 16.7 Å². The van der Waals surface area contributed by atoms with Crippen molar-refractivity contribution in [3.63, 3.8) is 0 Å². The molecule has 0 spiro atoms.